The van der Waals surface area contributed by atoms with Crippen LogP contribution < -0.4 is 15.5 Å². The van der Waals surface area contributed by atoms with E-state index in [1.807, 2.05) is 24.1 Å². The van der Waals surface area contributed by atoms with Gasteiger partial charge < -0.3 is 20.3 Å². The second-order valence-corrected chi connectivity index (χ2v) is 5.35. The van der Waals surface area contributed by atoms with Gasteiger partial charge in [0, 0.05) is 45.0 Å². The van der Waals surface area contributed by atoms with E-state index in [1.165, 1.54) is 0 Å². The molecule has 0 spiro atoms. The molecule has 1 aliphatic rings. The van der Waals surface area contributed by atoms with E-state index < -0.39 is 0 Å². The lowest BCUT2D eigenvalue weighted by molar-refractivity contribution is -0.119. The Balaban J connectivity index is 1.88. The van der Waals surface area contributed by atoms with Crippen LogP contribution >= 0.6 is 0 Å². The fourth-order valence-electron chi connectivity index (χ4n) is 2.10. The van der Waals surface area contributed by atoms with Gasteiger partial charge in [0.2, 0.25) is 5.91 Å². The van der Waals surface area contributed by atoms with Crippen molar-refractivity contribution < 1.29 is 9.53 Å². The van der Waals surface area contributed by atoms with Gasteiger partial charge in [0.1, 0.15) is 5.82 Å². The number of amides is 1. The number of methoxy groups -OCH3 is 1. The summed E-state index contributed by atoms with van der Waals surface area (Å²) in [4.78, 5) is 18.2. The highest BCUT2D eigenvalue weighted by Crippen LogP contribution is 2.19. The first-order chi connectivity index (χ1) is 10.2. The summed E-state index contributed by atoms with van der Waals surface area (Å²) in [6, 6.07) is 4.33. The standard InChI is InChI=1S/C15H24N4O2/c1-19(11-14(20)18-13-5-6-13)15-12(4-3-7-17-15)10-16-8-9-21-2/h3-4,7,13,16H,5-6,8-11H2,1-2H3,(H,18,20). The summed E-state index contributed by atoms with van der Waals surface area (Å²) in [6.45, 7) is 2.51. The van der Waals surface area contributed by atoms with Gasteiger partial charge in [-0.05, 0) is 18.9 Å². The van der Waals surface area contributed by atoms with Crippen LogP contribution in [0.2, 0.25) is 0 Å². The number of carbonyl (C=O) groups is 1. The molecule has 6 nitrogen and oxygen atoms in total. The van der Waals surface area contributed by atoms with Crippen molar-refractivity contribution in [3.05, 3.63) is 23.9 Å². The van der Waals surface area contributed by atoms with Gasteiger partial charge in [-0.25, -0.2) is 4.98 Å². The fourth-order valence-corrected chi connectivity index (χ4v) is 2.10. The van der Waals surface area contributed by atoms with E-state index in [2.05, 4.69) is 15.6 Å². The van der Waals surface area contributed by atoms with Crippen molar-refractivity contribution in [3.63, 3.8) is 0 Å². The number of likely N-dealkylation sites (N-methyl/N-ethyl adjacent to an activating group) is 1. The van der Waals surface area contributed by atoms with Gasteiger partial charge in [0.15, 0.2) is 0 Å². The number of aromatic nitrogens is 1. The van der Waals surface area contributed by atoms with E-state index in [-0.39, 0.29) is 5.91 Å². The monoisotopic (exact) mass is 292 g/mol. The molecule has 0 atom stereocenters. The summed E-state index contributed by atoms with van der Waals surface area (Å²) in [5, 5.41) is 6.29. The molecule has 0 aromatic carbocycles. The van der Waals surface area contributed by atoms with E-state index in [1.54, 1.807) is 13.3 Å². The Kier molecular flexibility index (Phi) is 5.95. The van der Waals surface area contributed by atoms with E-state index in [4.69, 9.17) is 4.74 Å². The molecule has 2 rings (SSSR count). The first-order valence-corrected chi connectivity index (χ1v) is 7.34. The van der Waals surface area contributed by atoms with Crippen molar-refractivity contribution >= 4 is 11.7 Å². The number of pyridine rings is 1. The number of nitrogens with zero attached hydrogens (tertiary/aromatic N) is 2. The van der Waals surface area contributed by atoms with Crippen molar-refractivity contribution in [1.82, 2.24) is 15.6 Å². The Morgan fingerprint density at radius 1 is 1.52 bits per heavy atom. The molecule has 0 unspecified atom stereocenters. The van der Waals surface area contributed by atoms with Gasteiger partial charge in [0.05, 0.1) is 13.2 Å². The fraction of sp³-hybridized carbons (Fsp3) is 0.600. The largest absolute Gasteiger partial charge is 0.383 e. The van der Waals surface area contributed by atoms with Crippen LogP contribution in [0.25, 0.3) is 0 Å². The van der Waals surface area contributed by atoms with Crippen LogP contribution in [0.3, 0.4) is 0 Å². The summed E-state index contributed by atoms with van der Waals surface area (Å²) in [6.07, 6.45) is 3.96. The molecule has 6 heteroatoms. The first kappa shape index (κ1) is 15.7. The molecule has 1 aromatic rings. The predicted octanol–water partition coefficient (Wildman–Crippen LogP) is 0.532. The van der Waals surface area contributed by atoms with E-state index >= 15 is 0 Å². The molecule has 21 heavy (non-hydrogen) atoms. The van der Waals surface area contributed by atoms with Crippen molar-refractivity contribution in [3.8, 4) is 0 Å². The molecule has 0 bridgehead atoms. The first-order valence-electron chi connectivity index (χ1n) is 7.34. The lowest BCUT2D eigenvalue weighted by Gasteiger charge is -2.20. The number of nitrogens with one attached hydrogen (secondary N) is 2. The number of anilines is 1. The lowest BCUT2D eigenvalue weighted by atomic mass is 10.2. The predicted molar refractivity (Wildman–Crippen MR) is 82.3 cm³/mol. The molecule has 0 aliphatic heterocycles. The normalized spacial score (nSPS) is 14.0. The SMILES string of the molecule is COCCNCc1cccnc1N(C)CC(=O)NC1CC1. The Morgan fingerprint density at radius 2 is 2.33 bits per heavy atom. The Hall–Kier alpha value is -1.66. The molecule has 1 aromatic heterocycles. The minimum absolute atomic E-state index is 0.0592. The van der Waals surface area contributed by atoms with Crippen LogP contribution in [0.15, 0.2) is 18.3 Å². The smallest absolute Gasteiger partial charge is 0.239 e. The molecule has 116 valence electrons. The number of carbonyl (C=O) groups excluding carboxylic acids is 1. The van der Waals surface area contributed by atoms with Gasteiger partial charge in [-0.15, -0.1) is 0 Å². The average molecular weight is 292 g/mol. The highest BCUT2D eigenvalue weighted by molar-refractivity contribution is 5.81. The molecule has 1 heterocycles. The topological polar surface area (TPSA) is 66.5 Å². The molecule has 1 amide bonds. The van der Waals surface area contributed by atoms with Crippen molar-refractivity contribution in [1.29, 1.82) is 0 Å². The van der Waals surface area contributed by atoms with Crippen LogP contribution in [0, 0.1) is 0 Å². The molecule has 0 radical (unpaired) electrons. The average Bonchev–Trinajstić information content (AvgIpc) is 3.27. The lowest BCUT2D eigenvalue weighted by Crippen LogP contribution is -2.37. The number of ether oxygens (including phenoxy) is 1. The highest BCUT2D eigenvalue weighted by atomic mass is 16.5. The van der Waals surface area contributed by atoms with Crippen LogP contribution in [-0.4, -0.2) is 50.8 Å². The third-order valence-electron chi connectivity index (χ3n) is 3.35. The quantitative estimate of drug-likeness (QED) is 0.650. The van der Waals surface area contributed by atoms with Gasteiger partial charge in [-0.3, -0.25) is 4.79 Å². The van der Waals surface area contributed by atoms with Crippen molar-refractivity contribution in [2.45, 2.75) is 25.4 Å². The van der Waals surface area contributed by atoms with Crippen LogP contribution in [0.1, 0.15) is 18.4 Å². The van der Waals surface area contributed by atoms with Crippen LogP contribution in [0.5, 0.6) is 0 Å². The second-order valence-electron chi connectivity index (χ2n) is 5.35. The van der Waals surface area contributed by atoms with Gasteiger partial charge in [-0.2, -0.15) is 0 Å². The third kappa shape index (κ3) is 5.32. The maximum absolute atomic E-state index is 11.9. The van der Waals surface area contributed by atoms with E-state index in [9.17, 15) is 4.79 Å². The van der Waals surface area contributed by atoms with E-state index in [0.29, 0.717) is 25.7 Å². The van der Waals surface area contributed by atoms with Crippen molar-refractivity contribution in [2.24, 2.45) is 0 Å². The summed E-state index contributed by atoms with van der Waals surface area (Å²) in [5.41, 5.74) is 1.08. The molecular formula is C15H24N4O2. The Labute approximate surface area is 125 Å². The highest BCUT2D eigenvalue weighted by Gasteiger charge is 2.24. The maximum Gasteiger partial charge on any atom is 0.239 e. The number of hydrogen-bond donors (Lipinski definition) is 2. The Bertz CT molecular complexity index is 463. The number of rotatable bonds is 9. The zero-order valence-corrected chi connectivity index (χ0v) is 12.8. The number of hydrogen-bond acceptors (Lipinski definition) is 5. The zero-order chi connectivity index (χ0) is 15.1. The Morgan fingerprint density at radius 3 is 3.05 bits per heavy atom. The minimum Gasteiger partial charge on any atom is -0.383 e. The maximum atomic E-state index is 11.9. The summed E-state index contributed by atoms with van der Waals surface area (Å²) in [5.74, 6) is 0.900. The molecule has 1 fully saturated rings. The third-order valence-corrected chi connectivity index (χ3v) is 3.35. The van der Waals surface area contributed by atoms with Crippen LogP contribution in [0.4, 0.5) is 5.82 Å². The van der Waals surface area contributed by atoms with E-state index in [0.717, 1.165) is 30.8 Å². The second kappa shape index (κ2) is 7.95. The zero-order valence-electron chi connectivity index (χ0n) is 12.8. The minimum atomic E-state index is 0.0592. The molecular weight excluding hydrogens is 268 g/mol. The van der Waals surface area contributed by atoms with Gasteiger partial charge >= 0.3 is 0 Å². The summed E-state index contributed by atoms with van der Waals surface area (Å²) < 4.78 is 5.01. The molecule has 0 saturated heterocycles. The molecule has 1 saturated carbocycles. The molecule has 2 N–H and O–H groups in total. The van der Waals surface area contributed by atoms with Crippen molar-refractivity contribution in [2.75, 3.05) is 38.8 Å². The summed E-state index contributed by atoms with van der Waals surface area (Å²) in [7, 11) is 3.58. The van der Waals surface area contributed by atoms with Gasteiger partial charge in [0.25, 0.3) is 0 Å². The molecule has 1 aliphatic carbocycles. The summed E-state index contributed by atoms with van der Waals surface area (Å²) >= 11 is 0. The van der Waals surface area contributed by atoms with Gasteiger partial charge in [-0.1, -0.05) is 6.07 Å². The van der Waals surface area contributed by atoms with Crippen LogP contribution in [-0.2, 0) is 16.1 Å².